The number of carbonyl (C=O) groups excluding carboxylic acids is 1. The number of hydrogen-bond donors (Lipinski definition) is 0. The summed E-state index contributed by atoms with van der Waals surface area (Å²) < 4.78 is 0. The molecular weight excluding hydrogens is 184 g/mol. The van der Waals surface area contributed by atoms with E-state index in [0.29, 0.717) is 5.92 Å². The van der Waals surface area contributed by atoms with Crippen LogP contribution in [0, 0.1) is 5.92 Å². The van der Waals surface area contributed by atoms with E-state index in [-0.39, 0.29) is 0 Å². The first-order valence-electron chi connectivity index (χ1n) is 5.34. The largest absolute Gasteiger partial charge is 0.298 e. The molecule has 0 spiro atoms. The molecule has 0 aliphatic carbocycles. The average Bonchev–Trinajstić information content (AvgIpc) is 2.20. The zero-order valence-corrected chi connectivity index (χ0v) is 9.66. The Morgan fingerprint density at radius 1 is 1.27 bits per heavy atom. The van der Waals surface area contributed by atoms with Crippen LogP contribution >= 0.6 is 0 Å². The Hall–Kier alpha value is -1.37. The number of rotatable bonds is 4. The molecule has 0 heterocycles. The van der Waals surface area contributed by atoms with Crippen molar-refractivity contribution in [1.82, 2.24) is 0 Å². The lowest BCUT2D eigenvalue weighted by atomic mass is 10.0. The Kier molecular flexibility index (Phi) is 4.29. The topological polar surface area (TPSA) is 17.1 Å². The Balaban J connectivity index is 2.76. The van der Waals surface area contributed by atoms with Crippen LogP contribution in [0.15, 0.2) is 29.8 Å². The molecule has 1 aromatic carbocycles. The predicted molar refractivity (Wildman–Crippen MR) is 64.7 cm³/mol. The number of hydrogen-bond acceptors (Lipinski definition) is 1. The van der Waals surface area contributed by atoms with Crippen LogP contribution in [-0.2, 0) is 11.2 Å². The van der Waals surface area contributed by atoms with Crippen LogP contribution in [0.1, 0.15) is 31.9 Å². The fraction of sp³-hybridized carbons (Fsp3) is 0.357. The Labute approximate surface area is 91.8 Å². The maximum atomic E-state index is 10.5. The first-order chi connectivity index (χ1) is 7.11. The summed E-state index contributed by atoms with van der Waals surface area (Å²) in [7, 11) is 0. The van der Waals surface area contributed by atoms with Crippen molar-refractivity contribution in [2.24, 2.45) is 5.92 Å². The highest BCUT2D eigenvalue weighted by Crippen LogP contribution is 2.11. The van der Waals surface area contributed by atoms with Crippen molar-refractivity contribution < 1.29 is 4.79 Å². The van der Waals surface area contributed by atoms with E-state index in [2.05, 4.69) is 38.1 Å². The van der Waals surface area contributed by atoms with E-state index in [1.54, 1.807) is 0 Å². The second-order valence-corrected chi connectivity index (χ2v) is 4.35. The summed E-state index contributed by atoms with van der Waals surface area (Å²) >= 11 is 0. The minimum absolute atomic E-state index is 0.683. The number of carbonyl (C=O) groups is 1. The summed E-state index contributed by atoms with van der Waals surface area (Å²) in [6.07, 6.45) is 3.88. The van der Waals surface area contributed by atoms with Crippen molar-refractivity contribution in [3.8, 4) is 0 Å². The molecule has 1 aromatic rings. The van der Waals surface area contributed by atoms with Gasteiger partial charge in [0.05, 0.1) is 0 Å². The van der Waals surface area contributed by atoms with E-state index >= 15 is 0 Å². The lowest BCUT2D eigenvalue weighted by Gasteiger charge is -2.04. The smallest absolute Gasteiger partial charge is 0.145 e. The fourth-order valence-corrected chi connectivity index (χ4v) is 1.52. The van der Waals surface area contributed by atoms with E-state index in [1.807, 2.05) is 13.0 Å². The van der Waals surface area contributed by atoms with Gasteiger partial charge in [0.1, 0.15) is 6.29 Å². The van der Waals surface area contributed by atoms with Gasteiger partial charge in [0.2, 0.25) is 0 Å². The van der Waals surface area contributed by atoms with Gasteiger partial charge in [-0.2, -0.15) is 0 Å². The summed E-state index contributed by atoms with van der Waals surface area (Å²) in [5.74, 6) is 0.683. The molecule has 0 amide bonds. The van der Waals surface area contributed by atoms with E-state index in [0.717, 1.165) is 23.8 Å². The molecular formula is C14H18O. The summed E-state index contributed by atoms with van der Waals surface area (Å²) in [5.41, 5.74) is 3.20. The van der Waals surface area contributed by atoms with E-state index < -0.39 is 0 Å². The fourth-order valence-electron chi connectivity index (χ4n) is 1.52. The van der Waals surface area contributed by atoms with Crippen LogP contribution in [0.2, 0.25) is 0 Å². The lowest BCUT2D eigenvalue weighted by molar-refractivity contribution is -0.104. The van der Waals surface area contributed by atoms with Crippen molar-refractivity contribution in [3.05, 3.63) is 41.0 Å². The second-order valence-electron chi connectivity index (χ2n) is 4.35. The average molecular weight is 202 g/mol. The molecule has 0 aliphatic rings. The maximum absolute atomic E-state index is 10.5. The van der Waals surface area contributed by atoms with E-state index in [9.17, 15) is 4.79 Å². The van der Waals surface area contributed by atoms with E-state index in [4.69, 9.17) is 0 Å². The molecule has 15 heavy (non-hydrogen) atoms. The van der Waals surface area contributed by atoms with Crippen molar-refractivity contribution in [3.63, 3.8) is 0 Å². The molecule has 0 unspecified atom stereocenters. The minimum Gasteiger partial charge on any atom is -0.298 e. The van der Waals surface area contributed by atoms with Gasteiger partial charge in [-0.05, 0) is 42.0 Å². The molecule has 1 heteroatoms. The third-order valence-corrected chi connectivity index (χ3v) is 2.20. The quantitative estimate of drug-likeness (QED) is 0.539. The molecule has 1 rings (SSSR count). The van der Waals surface area contributed by atoms with Crippen molar-refractivity contribution >= 4 is 12.4 Å². The number of allylic oxidation sites excluding steroid dienone is 1. The molecule has 1 nitrogen and oxygen atoms in total. The Bertz CT molecular complexity index is 344. The molecule has 0 radical (unpaired) electrons. The Morgan fingerprint density at radius 3 is 2.33 bits per heavy atom. The highest BCUT2D eigenvalue weighted by Gasteiger charge is 1.97. The third kappa shape index (κ3) is 4.11. The maximum Gasteiger partial charge on any atom is 0.145 e. The van der Waals surface area contributed by atoms with Gasteiger partial charge in [-0.3, -0.25) is 4.79 Å². The van der Waals surface area contributed by atoms with Crippen LogP contribution in [0.3, 0.4) is 0 Å². The summed E-state index contributed by atoms with van der Waals surface area (Å²) in [6.45, 7) is 6.24. The molecule has 0 saturated carbocycles. The van der Waals surface area contributed by atoms with Gasteiger partial charge in [-0.15, -0.1) is 0 Å². The summed E-state index contributed by atoms with van der Waals surface area (Å²) in [6, 6.07) is 8.38. The van der Waals surface area contributed by atoms with Gasteiger partial charge in [-0.25, -0.2) is 0 Å². The van der Waals surface area contributed by atoms with E-state index in [1.165, 1.54) is 5.56 Å². The normalized spacial score (nSPS) is 11.9. The van der Waals surface area contributed by atoms with Gasteiger partial charge in [0.15, 0.2) is 0 Å². The second kappa shape index (κ2) is 5.50. The molecule has 80 valence electrons. The van der Waals surface area contributed by atoms with Crippen molar-refractivity contribution in [2.45, 2.75) is 27.2 Å². The molecule has 0 N–H and O–H groups in total. The van der Waals surface area contributed by atoms with Crippen LogP contribution < -0.4 is 0 Å². The Morgan fingerprint density at radius 2 is 1.87 bits per heavy atom. The molecule has 0 aromatic heterocycles. The van der Waals surface area contributed by atoms with Gasteiger partial charge in [-0.1, -0.05) is 38.1 Å². The molecule has 0 aliphatic heterocycles. The SMILES string of the molecule is C/C(C=O)=C\c1ccc(CC(C)C)cc1. The van der Waals surface area contributed by atoms with Crippen molar-refractivity contribution in [2.75, 3.05) is 0 Å². The van der Waals surface area contributed by atoms with Gasteiger partial charge in [0.25, 0.3) is 0 Å². The predicted octanol–water partition coefficient (Wildman–Crippen LogP) is 3.49. The standard InChI is InChI=1S/C14H18O/c1-11(2)8-13-4-6-14(7-5-13)9-12(3)10-15/h4-7,9-11H,8H2,1-3H3/b12-9+. The van der Waals surface area contributed by atoms with Crippen LogP contribution in [0.25, 0.3) is 6.08 Å². The molecule has 0 bridgehead atoms. The summed E-state index contributed by atoms with van der Waals surface area (Å²) in [4.78, 5) is 10.5. The third-order valence-electron chi connectivity index (χ3n) is 2.20. The lowest BCUT2D eigenvalue weighted by Crippen LogP contribution is -1.93. The first-order valence-corrected chi connectivity index (χ1v) is 5.34. The molecule has 0 atom stereocenters. The highest BCUT2D eigenvalue weighted by atomic mass is 16.1. The van der Waals surface area contributed by atoms with Crippen LogP contribution in [0.5, 0.6) is 0 Å². The molecule has 0 fully saturated rings. The first kappa shape index (κ1) is 11.7. The zero-order chi connectivity index (χ0) is 11.3. The monoisotopic (exact) mass is 202 g/mol. The molecule has 0 saturated heterocycles. The van der Waals surface area contributed by atoms with Gasteiger partial charge in [0, 0.05) is 0 Å². The zero-order valence-electron chi connectivity index (χ0n) is 9.66. The minimum atomic E-state index is 0.683. The van der Waals surface area contributed by atoms with Crippen LogP contribution in [-0.4, -0.2) is 6.29 Å². The number of aldehydes is 1. The van der Waals surface area contributed by atoms with Gasteiger partial charge < -0.3 is 0 Å². The van der Waals surface area contributed by atoms with Gasteiger partial charge >= 0.3 is 0 Å². The van der Waals surface area contributed by atoms with Crippen LogP contribution in [0.4, 0.5) is 0 Å². The number of benzene rings is 1. The van der Waals surface area contributed by atoms with Crippen molar-refractivity contribution in [1.29, 1.82) is 0 Å². The highest BCUT2D eigenvalue weighted by molar-refractivity contribution is 5.80. The summed E-state index contributed by atoms with van der Waals surface area (Å²) in [5, 5.41) is 0.